The van der Waals surface area contributed by atoms with Crippen LogP contribution in [0, 0.1) is 12.8 Å². The van der Waals surface area contributed by atoms with Crippen molar-refractivity contribution in [1.29, 1.82) is 0 Å². The van der Waals surface area contributed by atoms with Crippen LogP contribution < -0.4 is 10.9 Å². The van der Waals surface area contributed by atoms with Crippen LogP contribution in [0.25, 0.3) is 6.08 Å². The van der Waals surface area contributed by atoms with Gasteiger partial charge in [0.2, 0.25) is 0 Å². The van der Waals surface area contributed by atoms with Crippen molar-refractivity contribution in [1.82, 2.24) is 10.9 Å². The third-order valence-electron chi connectivity index (χ3n) is 3.81. The van der Waals surface area contributed by atoms with Crippen LogP contribution in [0.3, 0.4) is 0 Å². The van der Waals surface area contributed by atoms with E-state index in [0.29, 0.717) is 5.92 Å². The molecule has 0 aliphatic heterocycles. The molecule has 25 heavy (non-hydrogen) atoms. The Balaban J connectivity index is 1.83. The molecule has 0 fully saturated rings. The number of rotatable bonds is 7. The highest BCUT2D eigenvalue weighted by Crippen LogP contribution is 2.09. The molecule has 0 unspecified atom stereocenters. The molecule has 2 rings (SSSR count). The summed E-state index contributed by atoms with van der Waals surface area (Å²) in [5.74, 6) is 0.315. The highest BCUT2D eigenvalue weighted by Gasteiger charge is 2.11. The first-order valence-corrected chi connectivity index (χ1v) is 8.51. The monoisotopic (exact) mass is 338 g/mol. The lowest BCUT2D eigenvalue weighted by Crippen LogP contribution is -2.45. The molecule has 4 heteroatoms. The number of amides is 1. The summed E-state index contributed by atoms with van der Waals surface area (Å²) in [6.07, 6.45) is 3.62. The molecule has 0 aliphatic rings. The normalized spacial score (nSPS) is 12.3. The topological polar surface area (TPSA) is 50.4 Å². The van der Waals surface area contributed by atoms with Gasteiger partial charge in [-0.1, -0.05) is 86.2 Å². The van der Waals surface area contributed by atoms with Crippen molar-refractivity contribution in [2.45, 2.75) is 33.4 Å². The fourth-order valence-electron chi connectivity index (χ4n) is 2.33. The van der Waals surface area contributed by atoms with Crippen LogP contribution in [0.4, 0.5) is 4.79 Å². The summed E-state index contributed by atoms with van der Waals surface area (Å²) >= 11 is 0. The van der Waals surface area contributed by atoms with Gasteiger partial charge in [0.1, 0.15) is 6.61 Å². The van der Waals surface area contributed by atoms with E-state index in [4.69, 9.17) is 4.74 Å². The van der Waals surface area contributed by atoms with Gasteiger partial charge in [-0.25, -0.2) is 10.2 Å². The average molecular weight is 338 g/mol. The van der Waals surface area contributed by atoms with E-state index < -0.39 is 6.09 Å². The quantitative estimate of drug-likeness (QED) is 0.733. The second-order valence-electron chi connectivity index (χ2n) is 6.37. The van der Waals surface area contributed by atoms with E-state index in [0.717, 1.165) is 11.1 Å². The minimum Gasteiger partial charge on any atom is -0.444 e. The molecule has 0 heterocycles. The number of ether oxygens (including phenoxy) is 1. The van der Waals surface area contributed by atoms with Crippen LogP contribution in [0.15, 0.2) is 60.7 Å². The molecule has 2 aromatic carbocycles. The third kappa shape index (κ3) is 6.81. The van der Waals surface area contributed by atoms with Crippen LogP contribution in [0.5, 0.6) is 0 Å². The molecule has 0 spiro atoms. The minimum absolute atomic E-state index is 0.00443. The average Bonchev–Trinajstić information content (AvgIpc) is 2.60. The van der Waals surface area contributed by atoms with Gasteiger partial charge in [-0.3, -0.25) is 5.43 Å². The SMILES string of the molecule is Cc1cccc(/C=C/[C@H](NNC(=O)OCc2ccccc2)C(C)C)c1. The zero-order valence-corrected chi connectivity index (χ0v) is 15.0. The first kappa shape index (κ1) is 18.7. The van der Waals surface area contributed by atoms with Crippen molar-refractivity contribution in [3.05, 3.63) is 77.4 Å². The fourth-order valence-corrected chi connectivity index (χ4v) is 2.33. The molecule has 0 saturated carbocycles. The van der Waals surface area contributed by atoms with Gasteiger partial charge in [0.05, 0.1) is 0 Å². The van der Waals surface area contributed by atoms with Gasteiger partial charge in [-0.15, -0.1) is 0 Å². The van der Waals surface area contributed by atoms with Gasteiger partial charge in [-0.2, -0.15) is 0 Å². The van der Waals surface area contributed by atoms with E-state index in [1.54, 1.807) is 0 Å². The summed E-state index contributed by atoms with van der Waals surface area (Å²) in [6.45, 7) is 6.50. The Bertz CT molecular complexity index is 696. The Morgan fingerprint density at radius 1 is 1.12 bits per heavy atom. The molecular weight excluding hydrogens is 312 g/mol. The smallest absolute Gasteiger partial charge is 0.421 e. The molecule has 0 saturated heterocycles. The van der Waals surface area contributed by atoms with Gasteiger partial charge in [-0.05, 0) is 24.0 Å². The fraction of sp³-hybridized carbons (Fsp3) is 0.286. The Morgan fingerprint density at radius 3 is 2.56 bits per heavy atom. The molecule has 4 nitrogen and oxygen atoms in total. The van der Waals surface area contributed by atoms with E-state index >= 15 is 0 Å². The molecule has 1 amide bonds. The van der Waals surface area contributed by atoms with Crippen molar-refractivity contribution in [2.75, 3.05) is 0 Å². The minimum atomic E-state index is -0.488. The predicted octanol–water partition coefficient (Wildman–Crippen LogP) is 4.46. The first-order valence-electron chi connectivity index (χ1n) is 8.51. The van der Waals surface area contributed by atoms with E-state index in [1.807, 2.05) is 36.4 Å². The van der Waals surface area contributed by atoms with E-state index in [1.165, 1.54) is 5.56 Å². The maximum absolute atomic E-state index is 11.8. The summed E-state index contributed by atoms with van der Waals surface area (Å²) in [6, 6.07) is 17.9. The Hall–Kier alpha value is -2.59. The van der Waals surface area contributed by atoms with Gasteiger partial charge in [0.25, 0.3) is 0 Å². The number of hydrogen-bond acceptors (Lipinski definition) is 3. The van der Waals surface area contributed by atoms with Crippen LogP contribution in [0.1, 0.15) is 30.5 Å². The van der Waals surface area contributed by atoms with Gasteiger partial charge in [0, 0.05) is 6.04 Å². The molecule has 0 aromatic heterocycles. The van der Waals surface area contributed by atoms with Gasteiger partial charge < -0.3 is 4.74 Å². The van der Waals surface area contributed by atoms with Gasteiger partial charge in [0.15, 0.2) is 0 Å². The molecular formula is C21H26N2O2. The highest BCUT2D eigenvalue weighted by atomic mass is 16.6. The first-order chi connectivity index (χ1) is 12.0. The summed E-state index contributed by atoms with van der Waals surface area (Å²) in [5.41, 5.74) is 8.96. The third-order valence-corrected chi connectivity index (χ3v) is 3.81. The van der Waals surface area contributed by atoms with E-state index in [2.05, 4.69) is 62.0 Å². The van der Waals surface area contributed by atoms with Crippen molar-refractivity contribution < 1.29 is 9.53 Å². The Kier molecular flexibility index (Phi) is 7.23. The molecule has 2 aromatic rings. The number of hydrazine groups is 1. The molecule has 1 atom stereocenters. The maximum Gasteiger partial charge on any atom is 0.421 e. The van der Waals surface area contributed by atoms with Crippen molar-refractivity contribution >= 4 is 12.2 Å². The molecule has 0 radical (unpaired) electrons. The molecule has 0 aliphatic carbocycles. The zero-order chi connectivity index (χ0) is 18.1. The number of aryl methyl sites for hydroxylation is 1. The predicted molar refractivity (Wildman–Crippen MR) is 102 cm³/mol. The van der Waals surface area contributed by atoms with Gasteiger partial charge >= 0.3 is 6.09 Å². The van der Waals surface area contributed by atoms with Crippen molar-refractivity contribution in [3.8, 4) is 0 Å². The van der Waals surface area contributed by atoms with Crippen LogP contribution in [0.2, 0.25) is 0 Å². The number of hydrogen-bond donors (Lipinski definition) is 2. The van der Waals surface area contributed by atoms with Crippen LogP contribution in [-0.4, -0.2) is 12.1 Å². The molecule has 2 N–H and O–H groups in total. The number of carbonyl (C=O) groups excluding carboxylic acids is 1. The molecule has 132 valence electrons. The Morgan fingerprint density at radius 2 is 1.88 bits per heavy atom. The lowest BCUT2D eigenvalue weighted by Gasteiger charge is -2.19. The standard InChI is InChI=1S/C21H26N2O2/c1-16(2)20(13-12-18-11-7-8-17(3)14-18)22-23-21(24)25-15-19-9-5-4-6-10-19/h4-14,16,20,22H,15H2,1-3H3,(H,23,24)/b13-12+/t20-/m0/s1. The number of nitrogens with one attached hydrogen (secondary N) is 2. The van der Waals surface area contributed by atoms with Crippen LogP contribution >= 0.6 is 0 Å². The second kappa shape index (κ2) is 9.64. The number of benzene rings is 2. The van der Waals surface area contributed by atoms with E-state index in [-0.39, 0.29) is 12.6 Å². The Labute approximate surface area is 149 Å². The highest BCUT2D eigenvalue weighted by molar-refractivity contribution is 5.66. The van der Waals surface area contributed by atoms with Crippen LogP contribution in [-0.2, 0) is 11.3 Å². The van der Waals surface area contributed by atoms with Crippen molar-refractivity contribution in [2.24, 2.45) is 5.92 Å². The lowest BCUT2D eigenvalue weighted by atomic mass is 10.0. The summed E-state index contributed by atoms with van der Waals surface area (Å²) in [7, 11) is 0. The zero-order valence-electron chi connectivity index (χ0n) is 15.0. The summed E-state index contributed by atoms with van der Waals surface area (Å²) in [4.78, 5) is 11.8. The second-order valence-corrected chi connectivity index (χ2v) is 6.37. The number of carbonyl (C=O) groups is 1. The van der Waals surface area contributed by atoms with E-state index in [9.17, 15) is 4.79 Å². The lowest BCUT2D eigenvalue weighted by molar-refractivity contribution is 0.132. The molecule has 0 bridgehead atoms. The summed E-state index contributed by atoms with van der Waals surface area (Å²) < 4.78 is 5.20. The van der Waals surface area contributed by atoms with Crippen molar-refractivity contribution in [3.63, 3.8) is 0 Å². The largest absolute Gasteiger partial charge is 0.444 e. The summed E-state index contributed by atoms with van der Waals surface area (Å²) in [5, 5.41) is 0. The maximum atomic E-state index is 11.8.